The molecule has 0 rings (SSSR count). The number of esters is 2. The van der Waals surface area contributed by atoms with Crippen LogP contribution in [-0.2, 0) is 41.8 Å². The molecule has 15 heteroatoms. The van der Waals surface area contributed by atoms with Gasteiger partial charge in [-0.2, -0.15) is 0 Å². The summed E-state index contributed by atoms with van der Waals surface area (Å²) >= 11 is 0. The molecule has 0 bridgehead atoms. The van der Waals surface area contributed by atoms with Crippen molar-refractivity contribution in [3.63, 3.8) is 0 Å². The fourth-order valence-electron chi connectivity index (χ4n) is 5.05. The number of unbranched alkanes of at least 4 members (excludes halogenated alkanes) is 15. The van der Waals surface area contributed by atoms with Crippen LogP contribution in [0.5, 0.6) is 0 Å². The van der Waals surface area contributed by atoms with Gasteiger partial charge in [-0.05, 0) is 44.4 Å². The summed E-state index contributed by atoms with van der Waals surface area (Å²) in [6.07, 6.45) is 26.3. The number of rotatable bonds is 36. The van der Waals surface area contributed by atoms with Gasteiger partial charge in [0, 0.05) is 12.8 Å². The molecule has 0 fully saturated rings. The second kappa shape index (κ2) is 33.0. The van der Waals surface area contributed by atoms with Crippen molar-refractivity contribution < 1.29 is 61.6 Å². The Morgan fingerprint density at radius 3 is 1.65 bits per heavy atom. The van der Waals surface area contributed by atoms with Crippen LogP contribution in [0, 0.1) is 5.92 Å². The van der Waals surface area contributed by atoms with Crippen LogP contribution in [0.3, 0.4) is 0 Å². The van der Waals surface area contributed by atoms with Crippen molar-refractivity contribution in [2.24, 2.45) is 5.92 Å². The molecule has 0 aromatic rings. The summed E-state index contributed by atoms with van der Waals surface area (Å²) in [5.74, 6) is -0.328. The Bertz CT molecular complexity index is 1040. The van der Waals surface area contributed by atoms with Crippen molar-refractivity contribution in [1.82, 2.24) is 0 Å². The van der Waals surface area contributed by atoms with Gasteiger partial charge in [0.2, 0.25) is 0 Å². The van der Waals surface area contributed by atoms with Crippen LogP contribution in [0.4, 0.5) is 0 Å². The van der Waals surface area contributed by atoms with Gasteiger partial charge in [-0.1, -0.05) is 129 Å². The molecule has 0 saturated carbocycles. The normalized spacial score (nSPS) is 14.6. The molecule has 0 amide bonds. The van der Waals surface area contributed by atoms with E-state index in [1.54, 1.807) is 0 Å². The van der Waals surface area contributed by atoms with Crippen LogP contribution in [0.1, 0.15) is 156 Å². The van der Waals surface area contributed by atoms with E-state index in [1.165, 1.54) is 51.4 Å². The smallest absolute Gasteiger partial charge is 0.462 e. The fourth-order valence-corrected chi connectivity index (χ4v) is 6.21. The highest BCUT2D eigenvalue weighted by Gasteiger charge is 2.28. The maximum absolute atomic E-state index is 12.6. The Morgan fingerprint density at radius 1 is 0.615 bits per heavy atom. The number of phosphoric acid groups is 2. The zero-order chi connectivity index (χ0) is 38.9. The molecule has 0 saturated heterocycles. The molecule has 0 aliphatic rings. The Balaban J connectivity index is 4.61. The lowest BCUT2D eigenvalue weighted by molar-refractivity contribution is -0.161. The van der Waals surface area contributed by atoms with Gasteiger partial charge in [0.25, 0.3) is 0 Å². The van der Waals surface area contributed by atoms with Gasteiger partial charge >= 0.3 is 27.6 Å². The zero-order valence-electron chi connectivity index (χ0n) is 32.1. The lowest BCUT2D eigenvalue weighted by Crippen LogP contribution is -2.30. The second-order valence-corrected chi connectivity index (χ2v) is 16.4. The molecule has 0 aromatic heterocycles. The zero-order valence-corrected chi connectivity index (χ0v) is 33.9. The first kappa shape index (κ1) is 50.6. The lowest BCUT2D eigenvalue weighted by Gasteiger charge is -2.20. The van der Waals surface area contributed by atoms with Crippen molar-refractivity contribution in [2.75, 3.05) is 26.4 Å². The first-order valence-electron chi connectivity index (χ1n) is 19.4. The molecule has 3 atom stereocenters. The summed E-state index contributed by atoms with van der Waals surface area (Å²) in [6, 6.07) is 0. The van der Waals surface area contributed by atoms with Gasteiger partial charge < -0.3 is 29.3 Å². The highest BCUT2D eigenvalue weighted by atomic mass is 31.2. The van der Waals surface area contributed by atoms with Crippen molar-refractivity contribution in [3.05, 3.63) is 24.3 Å². The van der Waals surface area contributed by atoms with Gasteiger partial charge in [0.1, 0.15) is 12.7 Å². The third-order valence-electron chi connectivity index (χ3n) is 8.04. The minimum absolute atomic E-state index is 0.115. The number of hydrogen-bond acceptors (Lipinski definition) is 10. The SMILES string of the molecule is CCCCCC/C=C\C=C/CCCCCCCC(=O)O[C@H](COC(=O)CCCCCCCCCC(C)C)COP(=O)(O)OC[C@@H](O)COP(=O)(O)O. The lowest BCUT2D eigenvalue weighted by atomic mass is 10.0. The predicted octanol–water partition coefficient (Wildman–Crippen LogP) is 9.03. The molecule has 52 heavy (non-hydrogen) atoms. The Hall–Kier alpha value is -1.40. The summed E-state index contributed by atoms with van der Waals surface area (Å²) in [6.45, 7) is 3.95. The van der Waals surface area contributed by atoms with E-state index in [9.17, 15) is 28.7 Å². The summed E-state index contributed by atoms with van der Waals surface area (Å²) in [5.41, 5.74) is 0. The van der Waals surface area contributed by atoms with Gasteiger partial charge in [0.05, 0.1) is 19.8 Å². The molecule has 0 aliphatic heterocycles. The average Bonchev–Trinajstić information content (AvgIpc) is 3.08. The third-order valence-corrected chi connectivity index (χ3v) is 9.47. The molecule has 0 spiro atoms. The minimum atomic E-state index is -4.86. The largest absolute Gasteiger partial charge is 0.472 e. The first-order valence-corrected chi connectivity index (χ1v) is 22.4. The van der Waals surface area contributed by atoms with E-state index >= 15 is 0 Å². The van der Waals surface area contributed by atoms with Crippen molar-refractivity contribution in [3.8, 4) is 0 Å². The summed E-state index contributed by atoms with van der Waals surface area (Å²) in [7, 11) is -9.66. The maximum Gasteiger partial charge on any atom is 0.472 e. The van der Waals surface area contributed by atoms with E-state index in [-0.39, 0.29) is 19.4 Å². The van der Waals surface area contributed by atoms with E-state index < -0.39 is 59.6 Å². The molecule has 0 aromatic carbocycles. The monoisotopic (exact) mass is 784 g/mol. The van der Waals surface area contributed by atoms with Crippen molar-refractivity contribution >= 4 is 27.6 Å². The quantitative estimate of drug-likeness (QED) is 0.0204. The topological polar surface area (TPSA) is 195 Å². The van der Waals surface area contributed by atoms with Crippen LogP contribution in [0.25, 0.3) is 0 Å². The van der Waals surface area contributed by atoms with Crippen LogP contribution in [-0.4, -0.2) is 70.4 Å². The molecule has 0 heterocycles. The number of aliphatic hydroxyl groups excluding tert-OH is 1. The summed E-state index contributed by atoms with van der Waals surface area (Å²) < 4.78 is 47.5. The summed E-state index contributed by atoms with van der Waals surface area (Å²) in [4.78, 5) is 52.4. The van der Waals surface area contributed by atoms with Crippen molar-refractivity contribution in [2.45, 2.75) is 168 Å². The molecular formula is C37H70O13P2. The van der Waals surface area contributed by atoms with E-state index in [2.05, 4.69) is 54.1 Å². The van der Waals surface area contributed by atoms with Gasteiger partial charge in [-0.25, -0.2) is 9.13 Å². The van der Waals surface area contributed by atoms with Gasteiger partial charge in [0.15, 0.2) is 6.10 Å². The highest BCUT2D eigenvalue weighted by molar-refractivity contribution is 7.47. The summed E-state index contributed by atoms with van der Waals surface area (Å²) in [5, 5.41) is 9.71. The standard InChI is InChI=1S/C37H70O13P2/c1-4-5-6-7-8-9-10-11-12-13-14-15-18-22-25-28-37(40)50-35(32-49-52(44,45)48-30-34(38)29-47-51(41,42)43)31-46-36(39)27-24-21-19-16-17-20-23-26-33(2)3/h9-12,33-35,38H,4-8,13-32H2,1-3H3,(H,44,45)(H2,41,42,43)/b10-9-,12-11-/t34-,35+/m0/s1. The first-order chi connectivity index (χ1) is 24.7. The average molecular weight is 785 g/mol. The molecule has 13 nitrogen and oxygen atoms in total. The van der Waals surface area contributed by atoms with Crippen LogP contribution in [0.15, 0.2) is 24.3 Å². The van der Waals surface area contributed by atoms with E-state index in [4.69, 9.17) is 23.8 Å². The number of allylic oxidation sites excluding steroid dienone is 4. The van der Waals surface area contributed by atoms with E-state index in [0.29, 0.717) is 12.8 Å². The third kappa shape index (κ3) is 36.9. The number of aliphatic hydroxyl groups is 1. The van der Waals surface area contributed by atoms with Gasteiger partial charge in [-0.15, -0.1) is 0 Å². The number of carbonyl (C=O) groups excluding carboxylic acids is 2. The Kier molecular flexibility index (Phi) is 32.1. The minimum Gasteiger partial charge on any atom is -0.462 e. The van der Waals surface area contributed by atoms with Crippen LogP contribution in [0.2, 0.25) is 0 Å². The fraction of sp³-hybridized carbons (Fsp3) is 0.838. The van der Waals surface area contributed by atoms with E-state index in [1.807, 2.05) is 0 Å². The second-order valence-electron chi connectivity index (χ2n) is 13.7. The van der Waals surface area contributed by atoms with Crippen molar-refractivity contribution in [1.29, 1.82) is 0 Å². The van der Waals surface area contributed by atoms with Crippen LogP contribution >= 0.6 is 15.6 Å². The Labute approximate surface area is 313 Å². The van der Waals surface area contributed by atoms with E-state index in [0.717, 1.165) is 63.7 Å². The molecule has 0 radical (unpaired) electrons. The molecule has 4 N–H and O–H groups in total. The number of carbonyl (C=O) groups is 2. The Morgan fingerprint density at radius 2 is 1.10 bits per heavy atom. The number of hydrogen-bond donors (Lipinski definition) is 4. The molecule has 0 aliphatic carbocycles. The van der Waals surface area contributed by atoms with Gasteiger partial charge in [-0.3, -0.25) is 23.2 Å². The number of ether oxygens (including phenoxy) is 2. The molecule has 1 unspecified atom stereocenters. The maximum atomic E-state index is 12.6. The number of phosphoric ester groups is 2. The molecular weight excluding hydrogens is 714 g/mol. The molecule has 306 valence electrons. The van der Waals surface area contributed by atoms with Crippen LogP contribution < -0.4 is 0 Å². The predicted molar refractivity (Wildman–Crippen MR) is 202 cm³/mol. The highest BCUT2D eigenvalue weighted by Crippen LogP contribution is 2.43.